The lowest BCUT2D eigenvalue weighted by Crippen LogP contribution is -2.20. The largest absolute Gasteiger partial charge is 0.469 e. The number of hydrogen-bond acceptors (Lipinski definition) is 1. The summed E-state index contributed by atoms with van der Waals surface area (Å²) in [5, 5.41) is 0. The van der Waals surface area contributed by atoms with E-state index in [1.165, 1.54) is 11.1 Å². The van der Waals surface area contributed by atoms with Gasteiger partial charge in [0.1, 0.15) is 5.76 Å². The average molecular weight is 318 g/mol. The molecule has 0 radical (unpaired) electrons. The first-order chi connectivity index (χ1) is 11.8. The standard InChI is InChI=1S/C23H26O/c1-3-19(17-22-15-10-16-24-22)23(21-13-8-5-9-14-21)18(2)20-11-6-4-7-12-20/h4-16,18-19,23H,3,17H2,1-2H3. The zero-order valence-electron chi connectivity index (χ0n) is 14.6. The Morgan fingerprint density at radius 3 is 1.96 bits per heavy atom. The summed E-state index contributed by atoms with van der Waals surface area (Å²) in [5.74, 6) is 2.58. The van der Waals surface area contributed by atoms with Gasteiger partial charge in [0, 0.05) is 6.42 Å². The smallest absolute Gasteiger partial charge is 0.104 e. The van der Waals surface area contributed by atoms with Crippen LogP contribution in [-0.2, 0) is 6.42 Å². The first kappa shape index (κ1) is 16.6. The molecule has 1 nitrogen and oxygen atoms in total. The minimum Gasteiger partial charge on any atom is -0.469 e. The molecule has 0 fully saturated rings. The molecule has 0 bridgehead atoms. The molecule has 24 heavy (non-hydrogen) atoms. The Bertz CT molecular complexity index is 700. The van der Waals surface area contributed by atoms with E-state index in [0.717, 1.165) is 18.6 Å². The summed E-state index contributed by atoms with van der Waals surface area (Å²) >= 11 is 0. The quantitative estimate of drug-likeness (QED) is 0.489. The normalized spacial score (nSPS) is 14.9. The summed E-state index contributed by atoms with van der Waals surface area (Å²) in [6.45, 7) is 4.65. The molecule has 0 N–H and O–H groups in total. The average Bonchev–Trinajstić information content (AvgIpc) is 3.16. The number of benzene rings is 2. The second-order valence-corrected chi connectivity index (χ2v) is 6.59. The van der Waals surface area contributed by atoms with Crippen LogP contribution in [0.3, 0.4) is 0 Å². The van der Waals surface area contributed by atoms with E-state index in [0.29, 0.717) is 17.8 Å². The Labute approximate surface area is 145 Å². The van der Waals surface area contributed by atoms with Crippen molar-refractivity contribution in [3.8, 4) is 0 Å². The third-order valence-electron chi connectivity index (χ3n) is 5.12. The van der Waals surface area contributed by atoms with E-state index >= 15 is 0 Å². The molecule has 2 aromatic carbocycles. The van der Waals surface area contributed by atoms with E-state index in [9.17, 15) is 0 Å². The Hall–Kier alpha value is -2.28. The van der Waals surface area contributed by atoms with Crippen LogP contribution in [0.25, 0.3) is 0 Å². The Balaban J connectivity index is 1.94. The molecule has 124 valence electrons. The second kappa shape index (κ2) is 8.01. The minimum absolute atomic E-state index is 0.466. The van der Waals surface area contributed by atoms with Crippen LogP contribution in [0, 0.1) is 5.92 Å². The zero-order chi connectivity index (χ0) is 16.8. The molecule has 0 amide bonds. The molecule has 0 aliphatic heterocycles. The fraction of sp³-hybridized carbons (Fsp3) is 0.304. The van der Waals surface area contributed by atoms with Crippen LogP contribution in [0.4, 0.5) is 0 Å². The maximum Gasteiger partial charge on any atom is 0.104 e. The van der Waals surface area contributed by atoms with Gasteiger partial charge in [0.25, 0.3) is 0 Å². The van der Waals surface area contributed by atoms with Gasteiger partial charge in [-0.15, -0.1) is 0 Å². The lowest BCUT2D eigenvalue weighted by atomic mass is 9.72. The highest BCUT2D eigenvalue weighted by Crippen LogP contribution is 2.41. The van der Waals surface area contributed by atoms with E-state index in [1.54, 1.807) is 6.26 Å². The van der Waals surface area contributed by atoms with E-state index in [1.807, 2.05) is 6.07 Å². The number of furan rings is 1. The van der Waals surface area contributed by atoms with E-state index in [4.69, 9.17) is 4.42 Å². The van der Waals surface area contributed by atoms with Crippen molar-refractivity contribution >= 4 is 0 Å². The monoisotopic (exact) mass is 318 g/mol. The van der Waals surface area contributed by atoms with Crippen molar-refractivity contribution in [2.24, 2.45) is 5.92 Å². The topological polar surface area (TPSA) is 13.1 Å². The number of rotatable bonds is 7. The van der Waals surface area contributed by atoms with Crippen LogP contribution >= 0.6 is 0 Å². The minimum atomic E-state index is 0.466. The highest BCUT2D eigenvalue weighted by molar-refractivity contribution is 5.29. The molecule has 0 aliphatic carbocycles. The summed E-state index contributed by atoms with van der Waals surface area (Å²) in [6, 6.07) is 25.9. The molecular weight excluding hydrogens is 292 g/mol. The summed E-state index contributed by atoms with van der Waals surface area (Å²) in [7, 11) is 0. The van der Waals surface area contributed by atoms with Crippen molar-refractivity contribution in [3.63, 3.8) is 0 Å². The lowest BCUT2D eigenvalue weighted by molar-refractivity contribution is 0.340. The zero-order valence-corrected chi connectivity index (χ0v) is 14.6. The van der Waals surface area contributed by atoms with Crippen molar-refractivity contribution < 1.29 is 4.42 Å². The molecule has 1 heterocycles. The lowest BCUT2D eigenvalue weighted by Gasteiger charge is -2.32. The third kappa shape index (κ3) is 3.79. The molecule has 0 aliphatic rings. The molecule has 1 aromatic heterocycles. The maximum absolute atomic E-state index is 5.64. The van der Waals surface area contributed by atoms with E-state index in [2.05, 4.69) is 80.6 Å². The fourth-order valence-electron chi connectivity index (χ4n) is 3.82. The fourth-order valence-corrected chi connectivity index (χ4v) is 3.82. The highest BCUT2D eigenvalue weighted by Gasteiger charge is 2.29. The summed E-state index contributed by atoms with van der Waals surface area (Å²) < 4.78 is 5.64. The molecule has 3 unspecified atom stereocenters. The first-order valence-electron chi connectivity index (χ1n) is 8.92. The molecule has 0 spiro atoms. The van der Waals surface area contributed by atoms with Gasteiger partial charge in [0.15, 0.2) is 0 Å². The van der Waals surface area contributed by atoms with Crippen LogP contribution in [0.1, 0.15) is 49.0 Å². The van der Waals surface area contributed by atoms with E-state index < -0.39 is 0 Å². The van der Waals surface area contributed by atoms with Crippen LogP contribution in [0.15, 0.2) is 83.5 Å². The third-order valence-corrected chi connectivity index (χ3v) is 5.12. The molecule has 3 rings (SSSR count). The van der Waals surface area contributed by atoms with Crippen molar-refractivity contribution in [3.05, 3.63) is 95.9 Å². The Kier molecular flexibility index (Phi) is 5.53. The van der Waals surface area contributed by atoms with Gasteiger partial charge in [-0.25, -0.2) is 0 Å². The molecule has 0 saturated carbocycles. The number of hydrogen-bond donors (Lipinski definition) is 0. The molecule has 0 saturated heterocycles. The summed E-state index contributed by atoms with van der Waals surface area (Å²) in [4.78, 5) is 0. The second-order valence-electron chi connectivity index (χ2n) is 6.59. The van der Waals surface area contributed by atoms with Crippen LogP contribution in [-0.4, -0.2) is 0 Å². The van der Waals surface area contributed by atoms with Gasteiger partial charge in [0.05, 0.1) is 6.26 Å². The molecular formula is C23H26O. The predicted octanol–water partition coefficient (Wildman–Crippen LogP) is 6.44. The van der Waals surface area contributed by atoms with Gasteiger partial charge >= 0.3 is 0 Å². The first-order valence-corrected chi connectivity index (χ1v) is 8.92. The van der Waals surface area contributed by atoms with Crippen molar-refractivity contribution in [1.29, 1.82) is 0 Å². The van der Waals surface area contributed by atoms with Gasteiger partial charge in [0.2, 0.25) is 0 Å². The SMILES string of the molecule is CCC(Cc1ccco1)C(c1ccccc1)C(C)c1ccccc1. The summed E-state index contributed by atoms with van der Waals surface area (Å²) in [6.07, 6.45) is 3.90. The highest BCUT2D eigenvalue weighted by atomic mass is 16.3. The summed E-state index contributed by atoms with van der Waals surface area (Å²) in [5.41, 5.74) is 2.83. The Morgan fingerprint density at radius 1 is 0.792 bits per heavy atom. The Morgan fingerprint density at radius 2 is 1.42 bits per heavy atom. The van der Waals surface area contributed by atoms with Crippen molar-refractivity contribution in [2.45, 2.75) is 38.5 Å². The van der Waals surface area contributed by atoms with Gasteiger partial charge < -0.3 is 4.42 Å². The van der Waals surface area contributed by atoms with Gasteiger partial charge in [-0.3, -0.25) is 0 Å². The van der Waals surface area contributed by atoms with Crippen LogP contribution in [0.2, 0.25) is 0 Å². The van der Waals surface area contributed by atoms with Crippen LogP contribution < -0.4 is 0 Å². The maximum atomic E-state index is 5.64. The predicted molar refractivity (Wildman–Crippen MR) is 100 cm³/mol. The van der Waals surface area contributed by atoms with Gasteiger partial charge in [-0.2, -0.15) is 0 Å². The van der Waals surface area contributed by atoms with Crippen molar-refractivity contribution in [2.75, 3.05) is 0 Å². The van der Waals surface area contributed by atoms with Crippen LogP contribution in [0.5, 0.6) is 0 Å². The van der Waals surface area contributed by atoms with Gasteiger partial charge in [-0.05, 0) is 41.0 Å². The van der Waals surface area contributed by atoms with Crippen molar-refractivity contribution in [1.82, 2.24) is 0 Å². The van der Waals surface area contributed by atoms with Gasteiger partial charge in [-0.1, -0.05) is 80.9 Å². The molecule has 3 atom stereocenters. The van der Waals surface area contributed by atoms with E-state index in [-0.39, 0.29) is 0 Å². The molecule has 3 aromatic rings. The molecule has 1 heteroatoms.